The van der Waals surface area contributed by atoms with Crippen LogP contribution < -0.4 is 5.73 Å². The number of ether oxygens (including phenoxy) is 2. The van der Waals surface area contributed by atoms with Crippen LogP contribution in [0.2, 0.25) is 0 Å². The lowest BCUT2D eigenvalue weighted by Crippen LogP contribution is -2.35. The Morgan fingerprint density at radius 2 is 1.89 bits per heavy atom. The predicted octanol–water partition coefficient (Wildman–Crippen LogP) is 2.65. The zero-order chi connectivity index (χ0) is 14.0. The Balaban J connectivity index is 2.15. The fourth-order valence-electron chi connectivity index (χ4n) is 2.67. The van der Waals surface area contributed by atoms with Crippen molar-refractivity contribution in [1.82, 2.24) is 0 Å². The van der Waals surface area contributed by atoms with Gasteiger partial charge in [0, 0.05) is 6.61 Å². The van der Waals surface area contributed by atoms with Crippen molar-refractivity contribution in [2.45, 2.75) is 58.3 Å². The minimum Gasteiger partial charge on any atom is -0.463 e. The number of rotatable bonds is 9. The molecule has 0 aliphatic heterocycles. The van der Waals surface area contributed by atoms with Crippen LogP contribution in [0.25, 0.3) is 0 Å². The van der Waals surface area contributed by atoms with Gasteiger partial charge in [0.1, 0.15) is 6.61 Å². The molecule has 0 radical (unpaired) electrons. The molecule has 0 aromatic rings. The Kier molecular flexibility index (Phi) is 8.07. The fraction of sp³-hybridized carbons (Fsp3) is 0.933. The highest BCUT2D eigenvalue weighted by atomic mass is 16.6. The van der Waals surface area contributed by atoms with Crippen LogP contribution in [0.4, 0.5) is 0 Å². The molecule has 0 aromatic carbocycles. The van der Waals surface area contributed by atoms with E-state index in [0.29, 0.717) is 26.2 Å². The minimum absolute atomic E-state index is 0.00159. The third-order valence-corrected chi connectivity index (χ3v) is 4.00. The topological polar surface area (TPSA) is 61.5 Å². The molecular formula is C15H29NO3. The molecule has 1 aliphatic carbocycles. The van der Waals surface area contributed by atoms with Crippen molar-refractivity contribution in [3.63, 3.8) is 0 Å². The minimum atomic E-state index is -0.119. The summed E-state index contributed by atoms with van der Waals surface area (Å²) in [4.78, 5) is 11.8. The van der Waals surface area contributed by atoms with Crippen LogP contribution in [-0.2, 0) is 14.3 Å². The largest absolute Gasteiger partial charge is 0.463 e. The SMILES string of the molecule is CCCCOCCOC(=O)CC1(CN)CCCCC1. The van der Waals surface area contributed by atoms with E-state index in [9.17, 15) is 4.79 Å². The van der Waals surface area contributed by atoms with Gasteiger partial charge in [-0.3, -0.25) is 4.79 Å². The van der Waals surface area contributed by atoms with Crippen molar-refractivity contribution in [3.05, 3.63) is 0 Å². The smallest absolute Gasteiger partial charge is 0.306 e. The number of esters is 1. The van der Waals surface area contributed by atoms with Gasteiger partial charge < -0.3 is 15.2 Å². The fourth-order valence-corrected chi connectivity index (χ4v) is 2.67. The van der Waals surface area contributed by atoms with Crippen molar-refractivity contribution in [3.8, 4) is 0 Å². The number of carbonyl (C=O) groups is 1. The van der Waals surface area contributed by atoms with Gasteiger partial charge in [-0.15, -0.1) is 0 Å². The Bertz CT molecular complexity index is 250. The molecule has 0 spiro atoms. The first-order valence-corrected chi connectivity index (χ1v) is 7.66. The number of hydrogen-bond donors (Lipinski definition) is 1. The highest BCUT2D eigenvalue weighted by Gasteiger charge is 2.33. The van der Waals surface area contributed by atoms with Gasteiger partial charge in [-0.25, -0.2) is 0 Å². The van der Waals surface area contributed by atoms with E-state index >= 15 is 0 Å². The molecule has 1 fully saturated rings. The maximum absolute atomic E-state index is 11.8. The van der Waals surface area contributed by atoms with E-state index in [4.69, 9.17) is 15.2 Å². The summed E-state index contributed by atoms with van der Waals surface area (Å²) in [7, 11) is 0. The molecule has 1 saturated carbocycles. The zero-order valence-electron chi connectivity index (χ0n) is 12.3. The van der Waals surface area contributed by atoms with E-state index in [0.717, 1.165) is 32.3 Å². The third-order valence-electron chi connectivity index (χ3n) is 4.00. The lowest BCUT2D eigenvalue weighted by atomic mass is 9.72. The van der Waals surface area contributed by atoms with Gasteiger partial charge in [-0.2, -0.15) is 0 Å². The molecule has 112 valence electrons. The first kappa shape index (κ1) is 16.4. The molecule has 0 atom stereocenters. The molecule has 1 aliphatic rings. The normalized spacial score (nSPS) is 18.2. The molecule has 4 nitrogen and oxygen atoms in total. The molecule has 0 bridgehead atoms. The third kappa shape index (κ3) is 6.39. The van der Waals surface area contributed by atoms with Gasteiger partial charge in [0.25, 0.3) is 0 Å². The van der Waals surface area contributed by atoms with Gasteiger partial charge in [0.15, 0.2) is 0 Å². The van der Waals surface area contributed by atoms with Crippen LogP contribution in [-0.4, -0.2) is 32.3 Å². The quantitative estimate of drug-likeness (QED) is 0.517. The monoisotopic (exact) mass is 271 g/mol. The van der Waals surface area contributed by atoms with E-state index in [1.807, 2.05) is 0 Å². The van der Waals surface area contributed by atoms with Gasteiger partial charge in [0.2, 0.25) is 0 Å². The van der Waals surface area contributed by atoms with Crippen LogP contribution in [0.3, 0.4) is 0 Å². The first-order valence-electron chi connectivity index (χ1n) is 7.66. The Morgan fingerprint density at radius 3 is 2.53 bits per heavy atom. The molecule has 0 heterocycles. The molecule has 0 unspecified atom stereocenters. The van der Waals surface area contributed by atoms with E-state index in [1.165, 1.54) is 19.3 Å². The number of unbranched alkanes of at least 4 members (excludes halogenated alkanes) is 1. The second-order valence-electron chi connectivity index (χ2n) is 5.63. The summed E-state index contributed by atoms with van der Waals surface area (Å²) in [6.45, 7) is 4.33. The van der Waals surface area contributed by atoms with Gasteiger partial charge in [-0.1, -0.05) is 32.6 Å². The Hall–Kier alpha value is -0.610. The molecule has 0 amide bonds. The maximum atomic E-state index is 11.8. The van der Waals surface area contributed by atoms with E-state index < -0.39 is 0 Å². The average Bonchev–Trinajstić information content (AvgIpc) is 2.43. The van der Waals surface area contributed by atoms with Crippen molar-refractivity contribution >= 4 is 5.97 Å². The van der Waals surface area contributed by atoms with Crippen LogP contribution >= 0.6 is 0 Å². The van der Waals surface area contributed by atoms with Crippen LogP contribution in [0.15, 0.2) is 0 Å². The molecular weight excluding hydrogens is 242 g/mol. The molecule has 19 heavy (non-hydrogen) atoms. The Labute approximate surface area is 117 Å². The number of nitrogens with two attached hydrogens (primary N) is 1. The van der Waals surface area contributed by atoms with Crippen molar-refractivity contribution in [2.24, 2.45) is 11.1 Å². The van der Waals surface area contributed by atoms with Gasteiger partial charge in [0.05, 0.1) is 13.0 Å². The standard InChI is InChI=1S/C15H29NO3/c1-2-3-9-18-10-11-19-14(17)12-15(13-16)7-5-4-6-8-15/h2-13,16H2,1H3. The van der Waals surface area contributed by atoms with E-state index in [1.54, 1.807) is 0 Å². The lowest BCUT2D eigenvalue weighted by molar-refractivity contribution is -0.148. The molecule has 0 saturated heterocycles. The van der Waals surface area contributed by atoms with Gasteiger partial charge in [-0.05, 0) is 31.2 Å². The first-order chi connectivity index (χ1) is 9.22. The summed E-state index contributed by atoms with van der Waals surface area (Å²) in [5, 5.41) is 0. The number of carbonyl (C=O) groups excluding carboxylic acids is 1. The lowest BCUT2D eigenvalue weighted by Gasteiger charge is -2.35. The Morgan fingerprint density at radius 1 is 1.16 bits per heavy atom. The van der Waals surface area contributed by atoms with Crippen molar-refractivity contribution in [2.75, 3.05) is 26.4 Å². The van der Waals surface area contributed by atoms with Crippen molar-refractivity contribution in [1.29, 1.82) is 0 Å². The maximum Gasteiger partial charge on any atom is 0.306 e. The number of hydrogen-bond acceptors (Lipinski definition) is 4. The summed E-state index contributed by atoms with van der Waals surface area (Å²) in [5.74, 6) is -0.119. The highest BCUT2D eigenvalue weighted by Crippen LogP contribution is 2.38. The molecule has 1 rings (SSSR count). The summed E-state index contributed by atoms with van der Waals surface area (Å²) in [6.07, 6.45) is 8.41. The second kappa shape index (κ2) is 9.32. The predicted molar refractivity (Wildman–Crippen MR) is 75.9 cm³/mol. The highest BCUT2D eigenvalue weighted by molar-refractivity contribution is 5.70. The summed E-state index contributed by atoms with van der Waals surface area (Å²) >= 11 is 0. The van der Waals surface area contributed by atoms with Gasteiger partial charge >= 0.3 is 5.97 Å². The molecule has 0 aromatic heterocycles. The van der Waals surface area contributed by atoms with Crippen LogP contribution in [0.1, 0.15) is 58.3 Å². The zero-order valence-corrected chi connectivity index (χ0v) is 12.3. The average molecular weight is 271 g/mol. The molecule has 2 N–H and O–H groups in total. The summed E-state index contributed by atoms with van der Waals surface area (Å²) in [6, 6.07) is 0. The summed E-state index contributed by atoms with van der Waals surface area (Å²) in [5.41, 5.74) is 5.86. The molecule has 4 heteroatoms. The summed E-state index contributed by atoms with van der Waals surface area (Å²) < 4.78 is 10.6. The van der Waals surface area contributed by atoms with Crippen LogP contribution in [0, 0.1) is 5.41 Å². The van der Waals surface area contributed by atoms with E-state index in [2.05, 4.69) is 6.92 Å². The van der Waals surface area contributed by atoms with Crippen molar-refractivity contribution < 1.29 is 14.3 Å². The van der Waals surface area contributed by atoms with E-state index in [-0.39, 0.29) is 11.4 Å². The second-order valence-corrected chi connectivity index (χ2v) is 5.63. The van der Waals surface area contributed by atoms with Crippen LogP contribution in [0.5, 0.6) is 0 Å².